The van der Waals surface area contributed by atoms with Crippen LogP contribution >= 0.6 is 12.2 Å². The summed E-state index contributed by atoms with van der Waals surface area (Å²) < 4.78 is 26.8. The number of hydrogen-bond acceptors (Lipinski definition) is 3. The molecule has 1 aromatic carbocycles. The fourth-order valence-electron chi connectivity index (χ4n) is 2.29. The van der Waals surface area contributed by atoms with Crippen molar-refractivity contribution in [1.29, 1.82) is 0 Å². The summed E-state index contributed by atoms with van der Waals surface area (Å²) in [5, 5.41) is 0. The topological polar surface area (TPSA) is 63.4 Å². The van der Waals surface area contributed by atoms with E-state index in [2.05, 4.69) is 13.8 Å². The molecule has 0 saturated carbocycles. The fraction of sp³-hybridized carbons (Fsp3) is 0.500. The molecular formula is C14H20N2O2S2. The van der Waals surface area contributed by atoms with Gasteiger partial charge in [0.25, 0.3) is 0 Å². The Hall–Kier alpha value is -0.980. The van der Waals surface area contributed by atoms with Gasteiger partial charge in [0.15, 0.2) is 0 Å². The summed E-state index contributed by atoms with van der Waals surface area (Å²) in [6.45, 7) is 5.47. The third-order valence-electron chi connectivity index (χ3n) is 3.83. The highest BCUT2D eigenvalue weighted by molar-refractivity contribution is 7.89. The van der Waals surface area contributed by atoms with Crippen LogP contribution in [0.4, 0.5) is 0 Å². The summed E-state index contributed by atoms with van der Waals surface area (Å²) in [6, 6.07) is 6.55. The number of thiocarbonyl (C=S) groups is 1. The van der Waals surface area contributed by atoms with Gasteiger partial charge in [0.1, 0.15) is 4.99 Å². The van der Waals surface area contributed by atoms with E-state index in [-0.39, 0.29) is 15.3 Å². The van der Waals surface area contributed by atoms with Gasteiger partial charge in [0.2, 0.25) is 10.0 Å². The van der Waals surface area contributed by atoms with Crippen molar-refractivity contribution >= 4 is 27.2 Å². The molecule has 1 aliphatic heterocycles. The molecule has 1 saturated heterocycles. The van der Waals surface area contributed by atoms with E-state index in [9.17, 15) is 8.42 Å². The van der Waals surface area contributed by atoms with Gasteiger partial charge >= 0.3 is 0 Å². The lowest BCUT2D eigenvalue weighted by molar-refractivity contribution is 0.196. The maximum atomic E-state index is 12.6. The molecule has 0 aliphatic carbocycles. The molecule has 110 valence electrons. The van der Waals surface area contributed by atoms with Crippen molar-refractivity contribution in [3.05, 3.63) is 29.8 Å². The Balaban J connectivity index is 2.27. The lowest BCUT2D eigenvalue weighted by atomic mass is 9.83. The quantitative estimate of drug-likeness (QED) is 0.869. The number of hydrogen-bond donors (Lipinski definition) is 1. The smallest absolute Gasteiger partial charge is 0.243 e. The number of nitrogens with two attached hydrogens (primary N) is 1. The number of benzene rings is 1. The predicted octanol–water partition coefficient (Wildman–Crippen LogP) is 2.13. The Bertz CT molecular complexity index is 614. The van der Waals surface area contributed by atoms with Crippen LogP contribution in [0.2, 0.25) is 0 Å². The summed E-state index contributed by atoms with van der Waals surface area (Å²) in [6.07, 6.45) is 1.75. The first-order chi connectivity index (χ1) is 9.22. The summed E-state index contributed by atoms with van der Waals surface area (Å²) in [5.41, 5.74) is 6.36. The van der Waals surface area contributed by atoms with Crippen molar-refractivity contribution in [2.24, 2.45) is 11.1 Å². The van der Waals surface area contributed by atoms with Gasteiger partial charge in [-0.3, -0.25) is 0 Å². The van der Waals surface area contributed by atoms with Crippen LogP contribution < -0.4 is 5.73 Å². The van der Waals surface area contributed by atoms with Crippen molar-refractivity contribution in [2.75, 3.05) is 13.1 Å². The Kier molecular flexibility index (Phi) is 4.18. The highest BCUT2D eigenvalue weighted by atomic mass is 32.2. The fourth-order valence-corrected chi connectivity index (χ4v) is 3.91. The minimum absolute atomic E-state index is 0.210. The van der Waals surface area contributed by atoms with Crippen LogP contribution in [0.5, 0.6) is 0 Å². The Labute approximate surface area is 126 Å². The van der Waals surface area contributed by atoms with Crippen LogP contribution in [0.1, 0.15) is 32.3 Å². The molecule has 6 heteroatoms. The van der Waals surface area contributed by atoms with Crippen LogP contribution in [0.25, 0.3) is 0 Å². The molecule has 2 N–H and O–H groups in total. The zero-order valence-electron chi connectivity index (χ0n) is 11.8. The SMILES string of the molecule is CC1(C)CCN(S(=O)(=O)c2cccc(C(N)=S)c2)CC1. The van der Waals surface area contributed by atoms with E-state index in [0.717, 1.165) is 12.8 Å². The third kappa shape index (κ3) is 3.19. The van der Waals surface area contributed by atoms with Crippen LogP contribution in [0.15, 0.2) is 29.2 Å². The molecule has 1 heterocycles. The van der Waals surface area contributed by atoms with E-state index in [1.54, 1.807) is 28.6 Å². The van der Waals surface area contributed by atoms with Gasteiger partial charge in [-0.1, -0.05) is 38.2 Å². The van der Waals surface area contributed by atoms with E-state index in [1.165, 1.54) is 0 Å². The summed E-state index contributed by atoms with van der Waals surface area (Å²) in [7, 11) is -3.45. The molecule has 0 spiro atoms. The van der Waals surface area contributed by atoms with Gasteiger partial charge in [-0.25, -0.2) is 8.42 Å². The minimum Gasteiger partial charge on any atom is -0.389 e. The van der Waals surface area contributed by atoms with Crippen LogP contribution in [-0.4, -0.2) is 30.8 Å². The first-order valence-electron chi connectivity index (χ1n) is 6.62. The molecule has 0 aromatic heterocycles. The normalized spacial score (nSPS) is 19.7. The third-order valence-corrected chi connectivity index (χ3v) is 5.96. The van der Waals surface area contributed by atoms with E-state index < -0.39 is 10.0 Å². The number of rotatable bonds is 3. The van der Waals surface area contributed by atoms with E-state index >= 15 is 0 Å². The van der Waals surface area contributed by atoms with Crippen molar-refractivity contribution in [1.82, 2.24) is 4.31 Å². The monoisotopic (exact) mass is 312 g/mol. The molecule has 0 atom stereocenters. The second-order valence-corrected chi connectivity index (χ2v) is 8.34. The first kappa shape index (κ1) is 15.4. The maximum absolute atomic E-state index is 12.6. The molecule has 1 aliphatic rings. The highest BCUT2D eigenvalue weighted by Gasteiger charge is 2.32. The van der Waals surface area contributed by atoms with E-state index in [0.29, 0.717) is 18.7 Å². The molecule has 1 aromatic rings. The van der Waals surface area contributed by atoms with Gasteiger partial charge in [-0.05, 0) is 30.4 Å². The Morgan fingerprint density at radius 1 is 1.30 bits per heavy atom. The predicted molar refractivity (Wildman–Crippen MR) is 84.1 cm³/mol. The molecule has 0 bridgehead atoms. The maximum Gasteiger partial charge on any atom is 0.243 e. The highest BCUT2D eigenvalue weighted by Crippen LogP contribution is 2.32. The van der Waals surface area contributed by atoms with Gasteiger partial charge in [0.05, 0.1) is 4.90 Å². The number of piperidine rings is 1. The Morgan fingerprint density at radius 3 is 2.45 bits per heavy atom. The summed E-state index contributed by atoms with van der Waals surface area (Å²) in [4.78, 5) is 0.476. The Morgan fingerprint density at radius 2 is 1.90 bits per heavy atom. The van der Waals surface area contributed by atoms with Gasteiger partial charge in [-0.2, -0.15) is 4.31 Å². The zero-order chi connectivity index (χ0) is 15.0. The van der Waals surface area contributed by atoms with Crippen LogP contribution in [0.3, 0.4) is 0 Å². The van der Waals surface area contributed by atoms with Gasteiger partial charge < -0.3 is 5.73 Å². The first-order valence-corrected chi connectivity index (χ1v) is 8.47. The molecular weight excluding hydrogens is 292 g/mol. The largest absolute Gasteiger partial charge is 0.389 e. The molecule has 0 unspecified atom stereocenters. The lowest BCUT2D eigenvalue weighted by Crippen LogP contribution is -2.41. The average molecular weight is 312 g/mol. The van der Waals surface area contributed by atoms with Crippen molar-refractivity contribution < 1.29 is 8.42 Å². The second kappa shape index (κ2) is 5.42. The van der Waals surface area contributed by atoms with Crippen molar-refractivity contribution in [3.8, 4) is 0 Å². The minimum atomic E-state index is -3.45. The lowest BCUT2D eigenvalue weighted by Gasteiger charge is -2.36. The standard InChI is InChI=1S/C14H20N2O2S2/c1-14(2)6-8-16(9-7-14)20(17,18)12-5-3-4-11(10-12)13(15)19/h3-5,10H,6-9H2,1-2H3,(H2,15,19). The summed E-state index contributed by atoms with van der Waals surface area (Å²) >= 11 is 4.90. The molecule has 0 amide bonds. The molecule has 1 fully saturated rings. The molecule has 20 heavy (non-hydrogen) atoms. The van der Waals surface area contributed by atoms with Crippen LogP contribution in [-0.2, 0) is 10.0 Å². The molecule has 0 radical (unpaired) electrons. The van der Waals surface area contributed by atoms with E-state index in [4.69, 9.17) is 18.0 Å². The average Bonchev–Trinajstić information content (AvgIpc) is 2.38. The van der Waals surface area contributed by atoms with Crippen LogP contribution in [0, 0.1) is 5.41 Å². The van der Waals surface area contributed by atoms with Crippen molar-refractivity contribution in [2.45, 2.75) is 31.6 Å². The zero-order valence-corrected chi connectivity index (χ0v) is 13.4. The van der Waals surface area contributed by atoms with Gasteiger partial charge in [-0.15, -0.1) is 0 Å². The molecule has 2 rings (SSSR count). The number of nitrogens with zero attached hydrogens (tertiary/aromatic N) is 1. The van der Waals surface area contributed by atoms with Crippen molar-refractivity contribution in [3.63, 3.8) is 0 Å². The number of sulfonamides is 1. The molecule has 4 nitrogen and oxygen atoms in total. The van der Waals surface area contributed by atoms with Gasteiger partial charge in [0, 0.05) is 18.7 Å². The van der Waals surface area contributed by atoms with E-state index in [1.807, 2.05) is 0 Å². The second-order valence-electron chi connectivity index (χ2n) is 5.96. The summed E-state index contributed by atoms with van der Waals surface area (Å²) in [5.74, 6) is 0.